The van der Waals surface area contributed by atoms with E-state index in [0.29, 0.717) is 6.54 Å². The Kier molecular flexibility index (Phi) is 3.50. The molecule has 2 aliphatic rings. The molecule has 3 heteroatoms. The third-order valence-electron chi connectivity index (χ3n) is 4.66. The number of hydrogen-bond donors (Lipinski definition) is 1. The van der Waals surface area contributed by atoms with Gasteiger partial charge in [-0.15, -0.1) is 0 Å². The highest BCUT2D eigenvalue weighted by Gasteiger charge is 2.33. The van der Waals surface area contributed by atoms with Crippen molar-refractivity contribution in [3.05, 3.63) is 24.0 Å². The molecule has 0 spiro atoms. The van der Waals surface area contributed by atoms with Crippen LogP contribution in [0.1, 0.15) is 44.1 Å². The molecule has 2 N–H and O–H groups in total. The fourth-order valence-corrected chi connectivity index (χ4v) is 3.77. The lowest BCUT2D eigenvalue weighted by Gasteiger charge is -2.45. The van der Waals surface area contributed by atoms with Crippen molar-refractivity contribution in [3.63, 3.8) is 0 Å². The first-order chi connectivity index (χ1) is 8.90. The maximum absolute atomic E-state index is 5.87. The molecule has 1 aliphatic heterocycles. The monoisotopic (exact) mass is 245 g/mol. The second-order valence-electron chi connectivity index (χ2n) is 5.66. The molecule has 2 atom stereocenters. The second kappa shape index (κ2) is 5.27. The molecule has 1 aromatic heterocycles. The second-order valence-corrected chi connectivity index (χ2v) is 5.66. The number of aromatic nitrogens is 1. The third-order valence-corrected chi connectivity index (χ3v) is 4.66. The summed E-state index contributed by atoms with van der Waals surface area (Å²) < 4.78 is 0. The first kappa shape index (κ1) is 12.0. The van der Waals surface area contributed by atoms with Gasteiger partial charge in [0.05, 0.1) is 11.9 Å². The van der Waals surface area contributed by atoms with E-state index in [0.717, 1.165) is 12.0 Å². The van der Waals surface area contributed by atoms with Crippen LogP contribution in [0.5, 0.6) is 0 Å². The van der Waals surface area contributed by atoms with Crippen LogP contribution in [0.15, 0.2) is 18.5 Å². The summed E-state index contributed by atoms with van der Waals surface area (Å²) in [6.45, 7) is 1.80. The standard InChI is InChI=1S/C15H23N3/c16-10-13-7-8-17-11-15(13)18-9-3-5-12-4-1-2-6-14(12)18/h7-8,11-12,14H,1-6,9-10,16H2. The molecule has 3 nitrogen and oxygen atoms in total. The molecule has 1 saturated carbocycles. The molecule has 3 rings (SSSR count). The van der Waals surface area contributed by atoms with Gasteiger partial charge in [0.2, 0.25) is 0 Å². The molecule has 0 aromatic carbocycles. The van der Waals surface area contributed by atoms with E-state index in [2.05, 4.69) is 16.0 Å². The zero-order valence-corrected chi connectivity index (χ0v) is 11.0. The molecule has 1 aliphatic carbocycles. The quantitative estimate of drug-likeness (QED) is 0.871. The van der Waals surface area contributed by atoms with Gasteiger partial charge in [-0.2, -0.15) is 0 Å². The molecule has 18 heavy (non-hydrogen) atoms. The Labute approximate surface area is 109 Å². The zero-order chi connectivity index (χ0) is 12.4. The lowest BCUT2D eigenvalue weighted by molar-refractivity contribution is 0.243. The molecular weight excluding hydrogens is 222 g/mol. The van der Waals surface area contributed by atoms with E-state index in [1.807, 2.05) is 12.4 Å². The number of rotatable bonds is 2. The zero-order valence-electron chi connectivity index (χ0n) is 11.0. The molecule has 1 aromatic rings. The number of nitrogens with zero attached hydrogens (tertiary/aromatic N) is 2. The van der Waals surface area contributed by atoms with Crippen molar-refractivity contribution in [1.82, 2.24) is 4.98 Å². The smallest absolute Gasteiger partial charge is 0.0600 e. The van der Waals surface area contributed by atoms with Gasteiger partial charge in [-0.25, -0.2) is 0 Å². The summed E-state index contributed by atoms with van der Waals surface area (Å²) in [7, 11) is 0. The van der Waals surface area contributed by atoms with E-state index < -0.39 is 0 Å². The third kappa shape index (κ3) is 2.12. The SMILES string of the molecule is NCc1ccncc1N1CCCC2CCCCC21. The van der Waals surface area contributed by atoms with Gasteiger partial charge < -0.3 is 10.6 Å². The predicted octanol–water partition coefficient (Wildman–Crippen LogP) is 2.70. The van der Waals surface area contributed by atoms with E-state index in [9.17, 15) is 0 Å². The molecule has 0 bridgehead atoms. The van der Waals surface area contributed by atoms with Crippen LogP contribution in [0.4, 0.5) is 5.69 Å². The van der Waals surface area contributed by atoms with Gasteiger partial charge in [0.25, 0.3) is 0 Å². The molecule has 2 heterocycles. The molecule has 0 radical (unpaired) electrons. The van der Waals surface area contributed by atoms with Crippen molar-refractivity contribution in [3.8, 4) is 0 Å². The summed E-state index contributed by atoms with van der Waals surface area (Å²) in [4.78, 5) is 6.91. The van der Waals surface area contributed by atoms with Crippen LogP contribution in [0.3, 0.4) is 0 Å². The number of pyridine rings is 1. The Hall–Kier alpha value is -1.09. The topological polar surface area (TPSA) is 42.1 Å². The Morgan fingerprint density at radius 3 is 2.94 bits per heavy atom. The van der Waals surface area contributed by atoms with Crippen LogP contribution < -0.4 is 10.6 Å². The summed E-state index contributed by atoms with van der Waals surface area (Å²) in [6, 6.07) is 2.81. The minimum absolute atomic E-state index is 0.617. The fourth-order valence-electron chi connectivity index (χ4n) is 3.77. The van der Waals surface area contributed by atoms with Crippen molar-refractivity contribution < 1.29 is 0 Å². The Morgan fingerprint density at radius 1 is 1.22 bits per heavy atom. The summed E-state index contributed by atoms with van der Waals surface area (Å²) in [5.74, 6) is 0.901. The lowest BCUT2D eigenvalue weighted by Crippen LogP contribution is -2.47. The van der Waals surface area contributed by atoms with Crippen molar-refractivity contribution in [2.75, 3.05) is 11.4 Å². The van der Waals surface area contributed by atoms with E-state index in [-0.39, 0.29) is 0 Å². The van der Waals surface area contributed by atoms with Crippen LogP contribution >= 0.6 is 0 Å². The minimum Gasteiger partial charge on any atom is -0.367 e. The Balaban J connectivity index is 1.89. The van der Waals surface area contributed by atoms with Gasteiger partial charge >= 0.3 is 0 Å². The highest BCUT2D eigenvalue weighted by atomic mass is 15.2. The Morgan fingerprint density at radius 2 is 2.06 bits per heavy atom. The summed E-state index contributed by atoms with van der Waals surface area (Å²) in [5, 5.41) is 0. The molecule has 98 valence electrons. The number of piperidine rings is 1. The van der Waals surface area contributed by atoms with Gasteiger partial charge in [-0.3, -0.25) is 4.98 Å². The number of hydrogen-bond acceptors (Lipinski definition) is 3. The lowest BCUT2D eigenvalue weighted by atomic mass is 9.78. The average Bonchev–Trinajstić information content (AvgIpc) is 2.46. The maximum Gasteiger partial charge on any atom is 0.0600 e. The molecule has 1 saturated heterocycles. The number of anilines is 1. The van der Waals surface area contributed by atoms with Gasteiger partial charge in [0, 0.05) is 25.3 Å². The average molecular weight is 245 g/mol. The Bertz CT molecular complexity index is 402. The minimum atomic E-state index is 0.617. The van der Waals surface area contributed by atoms with Crippen LogP contribution in [0, 0.1) is 5.92 Å². The normalized spacial score (nSPS) is 27.9. The van der Waals surface area contributed by atoms with E-state index in [1.165, 1.54) is 56.3 Å². The number of nitrogens with two attached hydrogens (primary N) is 1. The van der Waals surface area contributed by atoms with Crippen LogP contribution in [0.25, 0.3) is 0 Å². The maximum atomic E-state index is 5.87. The summed E-state index contributed by atoms with van der Waals surface area (Å²) in [5.41, 5.74) is 8.41. The first-order valence-electron chi connectivity index (χ1n) is 7.29. The molecule has 2 unspecified atom stereocenters. The summed E-state index contributed by atoms with van der Waals surface area (Å²) >= 11 is 0. The highest BCUT2D eigenvalue weighted by molar-refractivity contribution is 5.53. The van der Waals surface area contributed by atoms with E-state index in [4.69, 9.17) is 5.73 Å². The molecule has 0 amide bonds. The van der Waals surface area contributed by atoms with Crippen LogP contribution in [0.2, 0.25) is 0 Å². The predicted molar refractivity (Wildman–Crippen MR) is 74.5 cm³/mol. The summed E-state index contributed by atoms with van der Waals surface area (Å²) in [6.07, 6.45) is 12.2. The van der Waals surface area contributed by atoms with Crippen LogP contribution in [-0.4, -0.2) is 17.6 Å². The van der Waals surface area contributed by atoms with Crippen molar-refractivity contribution in [2.45, 2.75) is 51.1 Å². The van der Waals surface area contributed by atoms with Crippen molar-refractivity contribution in [2.24, 2.45) is 11.7 Å². The molecule has 2 fully saturated rings. The van der Waals surface area contributed by atoms with Crippen molar-refractivity contribution in [1.29, 1.82) is 0 Å². The highest BCUT2D eigenvalue weighted by Crippen LogP contribution is 2.38. The van der Waals surface area contributed by atoms with Crippen LogP contribution in [-0.2, 0) is 6.54 Å². The molecular formula is C15H23N3. The fraction of sp³-hybridized carbons (Fsp3) is 0.667. The van der Waals surface area contributed by atoms with E-state index >= 15 is 0 Å². The van der Waals surface area contributed by atoms with Gasteiger partial charge in [-0.1, -0.05) is 12.8 Å². The van der Waals surface area contributed by atoms with Gasteiger partial charge in [-0.05, 0) is 43.2 Å². The first-order valence-corrected chi connectivity index (χ1v) is 7.29. The van der Waals surface area contributed by atoms with E-state index in [1.54, 1.807) is 0 Å². The number of fused-ring (bicyclic) bond motifs is 1. The van der Waals surface area contributed by atoms with Gasteiger partial charge in [0.15, 0.2) is 0 Å². The largest absolute Gasteiger partial charge is 0.367 e. The van der Waals surface area contributed by atoms with Gasteiger partial charge in [0.1, 0.15) is 0 Å². The van der Waals surface area contributed by atoms with Crippen molar-refractivity contribution >= 4 is 5.69 Å².